The van der Waals surface area contributed by atoms with Gasteiger partial charge in [-0.05, 0) is 12.8 Å². The van der Waals surface area contributed by atoms with E-state index in [1.54, 1.807) is 6.20 Å². The first-order valence-electron chi connectivity index (χ1n) is 4.41. The highest BCUT2D eigenvalue weighted by Crippen LogP contribution is 2.00. The molecule has 1 atom stereocenters. The molecule has 0 saturated heterocycles. The highest BCUT2D eigenvalue weighted by atomic mass is 15.0. The summed E-state index contributed by atoms with van der Waals surface area (Å²) in [7, 11) is 0. The summed E-state index contributed by atoms with van der Waals surface area (Å²) in [5.74, 6) is 1.67. The molecule has 0 radical (unpaired) electrons. The molecule has 0 spiro atoms. The number of aromatic amines is 1. The first kappa shape index (κ1) is 9.26. The van der Waals surface area contributed by atoms with Crippen LogP contribution in [0, 0.1) is 5.92 Å². The van der Waals surface area contributed by atoms with Gasteiger partial charge in [-0.25, -0.2) is 4.98 Å². The third-order valence-corrected chi connectivity index (χ3v) is 2.15. The van der Waals surface area contributed by atoms with Crippen LogP contribution in [0.1, 0.15) is 26.6 Å². The Labute approximate surface area is 73.6 Å². The SMILES string of the molecule is CC(C)C(C)NCc1ncc[nH]1. The van der Waals surface area contributed by atoms with E-state index in [-0.39, 0.29) is 0 Å². The van der Waals surface area contributed by atoms with Gasteiger partial charge in [-0.15, -0.1) is 0 Å². The van der Waals surface area contributed by atoms with Crippen molar-refractivity contribution in [2.75, 3.05) is 0 Å². The van der Waals surface area contributed by atoms with Gasteiger partial charge in [0.2, 0.25) is 0 Å². The number of nitrogens with one attached hydrogen (secondary N) is 2. The number of H-pyrrole nitrogens is 1. The van der Waals surface area contributed by atoms with Crippen LogP contribution < -0.4 is 5.32 Å². The van der Waals surface area contributed by atoms with Crippen molar-refractivity contribution >= 4 is 0 Å². The minimum atomic E-state index is 0.537. The molecule has 3 heteroatoms. The van der Waals surface area contributed by atoms with Crippen molar-refractivity contribution in [1.82, 2.24) is 15.3 Å². The fourth-order valence-corrected chi connectivity index (χ4v) is 0.888. The Morgan fingerprint density at radius 3 is 2.75 bits per heavy atom. The van der Waals surface area contributed by atoms with Crippen molar-refractivity contribution < 1.29 is 0 Å². The summed E-state index contributed by atoms with van der Waals surface area (Å²) >= 11 is 0. The predicted octanol–water partition coefficient (Wildman–Crippen LogP) is 1.54. The van der Waals surface area contributed by atoms with E-state index in [0.29, 0.717) is 12.0 Å². The molecule has 0 aliphatic rings. The van der Waals surface area contributed by atoms with E-state index >= 15 is 0 Å². The molecule has 0 aromatic carbocycles. The summed E-state index contributed by atoms with van der Waals surface area (Å²) in [6.07, 6.45) is 3.62. The standard InChI is InChI=1S/C9H17N3/c1-7(2)8(3)12-6-9-10-4-5-11-9/h4-5,7-8,12H,6H2,1-3H3,(H,10,11). The summed E-state index contributed by atoms with van der Waals surface area (Å²) in [4.78, 5) is 7.19. The number of nitrogens with zero attached hydrogens (tertiary/aromatic N) is 1. The molecule has 1 aromatic rings. The second-order valence-corrected chi connectivity index (χ2v) is 3.45. The van der Waals surface area contributed by atoms with Gasteiger partial charge in [-0.3, -0.25) is 0 Å². The van der Waals surface area contributed by atoms with Gasteiger partial charge in [0, 0.05) is 18.4 Å². The van der Waals surface area contributed by atoms with Crippen LogP contribution in [0.25, 0.3) is 0 Å². The zero-order valence-corrected chi connectivity index (χ0v) is 7.96. The van der Waals surface area contributed by atoms with Crippen molar-refractivity contribution in [2.24, 2.45) is 5.92 Å². The quantitative estimate of drug-likeness (QED) is 0.714. The Hall–Kier alpha value is -0.830. The molecule has 68 valence electrons. The lowest BCUT2D eigenvalue weighted by atomic mass is 10.1. The van der Waals surface area contributed by atoms with Gasteiger partial charge in [0.05, 0.1) is 6.54 Å². The van der Waals surface area contributed by atoms with E-state index in [9.17, 15) is 0 Å². The number of rotatable bonds is 4. The molecule has 1 heterocycles. The number of aromatic nitrogens is 2. The van der Waals surface area contributed by atoms with Crippen LogP contribution in [0.3, 0.4) is 0 Å². The number of hydrogen-bond acceptors (Lipinski definition) is 2. The van der Waals surface area contributed by atoms with Gasteiger partial charge < -0.3 is 10.3 Å². The molecule has 2 N–H and O–H groups in total. The second-order valence-electron chi connectivity index (χ2n) is 3.45. The molecule has 3 nitrogen and oxygen atoms in total. The van der Waals surface area contributed by atoms with Crippen LogP contribution in [-0.2, 0) is 6.54 Å². The first-order chi connectivity index (χ1) is 5.70. The van der Waals surface area contributed by atoms with Crippen LogP contribution in [0.2, 0.25) is 0 Å². The molecular weight excluding hydrogens is 150 g/mol. The minimum absolute atomic E-state index is 0.537. The topological polar surface area (TPSA) is 40.7 Å². The maximum Gasteiger partial charge on any atom is 0.120 e. The van der Waals surface area contributed by atoms with Crippen molar-refractivity contribution in [3.63, 3.8) is 0 Å². The minimum Gasteiger partial charge on any atom is -0.348 e. The van der Waals surface area contributed by atoms with Gasteiger partial charge in [0.25, 0.3) is 0 Å². The smallest absolute Gasteiger partial charge is 0.120 e. The highest BCUT2D eigenvalue weighted by Gasteiger charge is 2.05. The predicted molar refractivity (Wildman–Crippen MR) is 49.7 cm³/mol. The maximum absolute atomic E-state index is 4.13. The van der Waals surface area contributed by atoms with Gasteiger partial charge >= 0.3 is 0 Å². The number of hydrogen-bond donors (Lipinski definition) is 2. The van der Waals surface area contributed by atoms with E-state index in [1.165, 1.54) is 0 Å². The molecule has 0 aliphatic carbocycles. The Morgan fingerprint density at radius 1 is 1.50 bits per heavy atom. The molecule has 0 saturated carbocycles. The van der Waals surface area contributed by atoms with Crippen LogP contribution in [0.15, 0.2) is 12.4 Å². The zero-order valence-electron chi connectivity index (χ0n) is 7.96. The van der Waals surface area contributed by atoms with Crippen molar-refractivity contribution in [3.8, 4) is 0 Å². The third kappa shape index (κ3) is 2.66. The van der Waals surface area contributed by atoms with Gasteiger partial charge in [-0.1, -0.05) is 13.8 Å². The van der Waals surface area contributed by atoms with E-state index in [2.05, 4.69) is 36.1 Å². The summed E-state index contributed by atoms with van der Waals surface area (Å²) in [6, 6.07) is 0.537. The first-order valence-corrected chi connectivity index (χ1v) is 4.41. The average molecular weight is 167 g/mol. The molecule has 0 amide bonds. The van der Waals surface area contributed by atoms with Gasteiger partial charge in [-0.2, -0.15) is 0 Å². The van der Waals surface area contributed by atoms with E-state index < -0.39 is 0 Å². The van der Waals surface area contributed by atoms with Crippen molar-refractivity contribution in [1.29, 1.82) is 0 Å². The zero-order chi connectivity index (χ0) is 8.97. The van der Waals surface area contributed by atoms with Crippen LogP contribution in [0.5, 0.6) is 0 Å². The molecular formula is C9H17N3. The Balaban J connectivity index is 2.27. The lowest BCUT2D eigenvalue weighted by molar-refractivity contribution is 0.422. The van der Waals surface area contributed by atoms with Gasteiger partial charge in [0.15, 0.2) is 0 Å². The van der Waals surface area contributed by atoms with Crippen LogP contribution >= 0.6 is 0 Å². The van der Waals surface area contributed by atoms with E-state index in [0.717, 1.165) is 12.4 Å². The van der Waals surface area contributed by atoms with Crippen molar-refractivity contribution in [3.05, 3.63) is 18.2 Å². The monoisotopic (exact) mass is 167 g/mol. The third-order valence-electron chi connectivity index (χ3n) is 2.15. The van der Waals surface area contributed by atoms with Gasteiger partial charge in [0.1, 0.15) is 5.82 Å². The summed E-state index contributed by atoms with van der Waals surface area (Å²) in [6.45, 7) is 7.43. The molecule has 1 aromatic heterocycles. The molecule has 12 heavy (non-hydrogen) atoms. The fraction of sp³-hybridized carbons (Fsp3) is 0.667. The fourth-order valence-electron chi connectivity index (χ4n) is 0.888. The summed E-state index contributed by atoms with van der Waals surface area (Å²) < 4.78 is 0. The Kier molecular flexibility index (Phi) is 3.29. The number of imidazole rings is 1. The Bertz CT molecular complexity index is 204. The summed E-state index contributed by atoms with van der Waals surface area (Å²) in [5, 5.41) is 3.39. The van der Waals surface area contributed by atoms with Crippen molar-refractivity contribution in [2.45, 2.75) is 33.4 Å². The van der Waals surface area contributed by atoms with E-state index in [4.69, 9.17) is 0 Å². The normalized spacial score (nSPS) is 13.7. The highest BCUT2D eigenvalue weighted by molar-refractivity contribution is 4.86. The second kappa shape index (κ2) is 4.26. The average Bonchev–Trinajstić information content (AvgIpc) is 2.51. The van der Waals surface area contributed by atoms with Crippen LogP contribution in [-0.4, -0.2) is 16.0 Å². The Morgan fingerprint density at radius 2 is 2.25 bits per heavy atom. The lowest BCUT2D eigenvalue weighted by Gasteiger charge is -2.16. The molecule has 1 unspecified atom stereocenters. The molecule has 0 fully saturated rings. The maximum atomic E-state index is 4.13. The molecule has 0 aliphatic heterocycles. The lowest BCUT2D eigenvalue weighted by Crippen LogP contribution is -2.30. The van der Waals surface area contributed by atoms with Crippen LogP contribution in [0.4, 0.5) is 0 Å². The largest absolute Gasteiger partial charge is 0.348 e. The summed E-state index contributed by atoms with van der Waals surface area (Å²) in [5.41, 5.74) is 0. The molecule has 0 bridgehead atoms. The molecule has 1 rings (SSSR count). The van der Waals surface area contributed by atoms with E-state index in [1.807, 2.05) is 6.20 Å².